The third-order valence-electron chi connectivity index (χ3n) is 1.96. The zero-order valence-corrected chi connectivity index (χ0v) is 10.6. The molecule has 0 aliphatic heterocycles. The van der Waals surface area contributed by atoms with Crippen LogP contribution < -0.4 is 0 Å². The lowest BCUT2D eigenvalue weighted by molar-refractivity contribution is 1.10. The smallest absolute Gasteiger partial charge is 0.0201 e. The van der Waals surface area contributed by atoms with Crippen LogP contribution in [-0.2, 0) is 0 Å². The van der Waals surface area contributed by atoms with E-state index in [1.165, 1.54) is 15.6 Å². The molecule has 0 aromatic carbocycles. The van der Waals surface area contributed by atoms with Gasteiger partial charge in [0.05, 0.1) is 0 Å². The molecule has 0 aliphatic carbocycles. The fraction of sp³-hybridized carbons (Fsp3) is 0.500. The zero-order chi connectivity index (χ0) is 10.3. The summed E-state index contributed by atoms with van der Waals surface area (Å²) in [5, 5.41) is 0. The second-order valence-electron chi connectivity index (χ2n) is 3.18. The van der Waals surface area contributed by atoms with Crippen LogP contribution in [0.2, 0.25) is 0 Å². The number of allylic oxidation sites excluding steroid dienone is 6. The highest BCUT2D eigenvalue weighted by Gasteiger charge is 1.91. The Bertz CT molecular complexity index is 232. The van der Waals surface area contributed by atoms with Crippen molar-refractivity contribution in [2.75, 3.05) is 0 Å². The van der Waals surface area contributed by atoms with Gasteiger partial charge in [-0.15, -0.1) is 0 Å². The minimum atomic E-state index is 1.09. The van der Waals surface area contributed by atoms with Crippen LogP contribution in [0.5, 0.6) is 0 Å². The Morgan fingerprint density at radius 3 is 2.23 bits per heavy atom. The summed E-state index contributed by atoms with van der Waals surface area (Å²) >= 11 is 3.55. The van der Waals surface area contributed by atoms with Crippen molar-refractivity contribution in [3.05, 3.63) is 33.9 Å². The van der Waals surface area contributed by atoms with Crippen LogP contribution in [0.3, 0.4) is 0 Å². The highest BCUT2D eigenvalue weighted by molar-refractivity contribution is 9.12. The molecule has 0 heterocycles. The second kappa shape index (κ2) is 7.14. The molecule has 0 rings (SSSR count). The summed E-state index contributed by atoms with van der Waals surface area (Å²) in [5.41, 5.74) is 2.71. The molecule has 0 bridgehead atoms. The lowest BCUT2D eigenvalue weighted by Gasteiger charge is -1.97. The first kappa shape index (κ1) is 12.7. The largest absolute Gasteiger partial charge is 0.0807 e. The normalized spacial score (nSPS) is 15.0. The van der Waals surface area contributed by atoms with E-state index < -0.39 is 0 Å². The Balaban J connectivity index is 4.41. The van der Waals surface area contributed by atoms with Crippen molar-refractivity contribution in [3.63, 3.8) is 0 Å². The monoisotopic (exact) mass is 242 g/mol. The summed E-state index contributed by atoms with van der Waals surface area (Å²) in [4.78, 5) is 0. The van der Waals surface area contributed by atoms with E-state index in [2.05, 4.69) is 61.9 Å². The summed E-state index contributed by atoms with van der Waals surface area (Å²) in [6.07, 6.45) is 8.71. The minimum Gasteiger partial charge on any atom is -0.0807 e. The molecule has 13 heavy (non-hydrogen) atoms. The summed E-state index contributed by atoms with van der Waals surface area (Å²) in [7, 11) is 0. The molecule has 0 unspecified atom stereocenters. The highest BCUT2D eigenvalue weighted by atomic mass is 79.9. The third kappa shape index (κ3) is 5.87. The molecule has 1 heteroatoms. The van der Waals surface area contributed by atoms with Gasteiger partial charge in [-0.1, -0.05) is 47.5 Å². The predicted molar refractivity (Wildman–Crippen MR) is 65.1 cm³/mol. The van der Waals surface area contributed by atoms with Crippen LogP contribution in [-0.4, -0.2) is 0 Å². The standard InChI is InChI=1S/C12H19Br/c1-5-7-11(4)12(13)9-8-10(3)6-2/h7-9H,5-6H2,1-4H3/b10-8-,11-7-,12-9+. The molecule has 0 saturated carbocycles. The summed E-state index contributed by atoms with van der Waals surface area (Å²) in [5.74, 6) is 0. The van der Waals surface area contributed by atoms with Gasteiger partial charge in [0.1, 0.15) is 0 Å². The molecule has 0 amide bonds. The summed E-state index contributed by atoms with van der Waals surface area (Å²) < 4.78 is 1.18. The molecule has 0 saturated heterocycles. The van der Waals surface area contributed by atoms with E-state index in [-0.39, 0.29) is 0 Å². The van der Waals surface area contributed by atoms with Gasteiger partial charge in [0.2, 0.25) is 0 Å². The maximum Gasteiger partial charge on any atom is 0.0201 e. The first-order valence-corrected chi connectivity index (χ1v) is 5.61. The van der Waals surface area contributed by atoms with Crippen LogP contribution in [0.15, 0.2) is 33.9 Å². The Morgan fingerprint density at radius 2 is 1.77 bits per heavy atom. The molecule has 0 radical (unpaired) electrons. The fourth-order valence-corrected chi connectivity index (χ4v) is 1.16. The van der Waals surface area contributed by atoms with Gasteiger partial charge in [-0.2, -0.15) is 0 Å². The Hall–Kier alpha value is -0.300. The average molecular weight is 243 g/mol. The lowest BCUT2D eigenvalue weighted by Crippen LogP contribution is -1.75. The van der Waals surface area contributed by atoms with Crippen molar-refractivity contribution in [2.24, 2.45) is 0 Å². The van der Waals surface area contributed by atoms with E-state index in [0.29, 0.717) is 0 Å². The lowest BCUT2D eigenvalue weighted by atomic mass is 10.2. The van der Waals surface area contributed by atoms with Gasteiger partial charge in [-0.05, 0) is 38.3 Å². The van der Waals surface area contributed by atoms with E-state index in [4.69, 9.17) is 0 Å². The summed E-state index contributed by atoms with van der Waals surface area (Å²) in [6, 6.07) is 0. The Labute approximate surface area is 90.6 Å². The molecule has 0 aliphatic rings. The molecule has 0 nitrogen and oxygen atoms in total. The van der Waals surface area contributed by atoms with Gasteiger partial charge < -0.3 is 0 Å². The van der Waals surface area contributed by atoms with Crippen molar-refractivity contribution < 1.29 is 0 Å². The van der Waals surface area contributed by atoms with Crippen molar-refractivity contribution in [1.29, 1.82) is 0 Å². The molecular weight excluding hydrogens is 224 g/mol. The van der Waals surface area contributed by atoms with Crippen molar-refractivity contribution in [3.8, 4) is 0 Å². The predicted octanol–water partition coefficient (Wildman–Crippen LogP) is 4.98. The molecule has 0 aromatic rings. The van der Waals surface area contributed by atoms with Gasteiger partial charge in [0.15, 0.2) is 0 Å². The average Bonchev–Trinajstić information content (AvgIpc) is 2.13. The Kier molecular flexibility index (Phi) is 6.97. The first-order chi connectivity index (χ1) is 6.11. The Morgan fingerprint density at radius 1 is 1.15 bits per heavy atom. The zero-order valence-electron chi connectivity index (χ0n) is 9.02. The quantitative estimate of drug-likeness (QED) is 0.611. The van der Waals surface area contributed by atoms with Gasteiger partial charge in [0, 0.05) is 4.48 Å². The third-order valence-corrected chi connectivity index (χ3v) is 2.85. The molecular formula is C12H19Br. The minimum absolute atomic E-state index is 1.09. The van der Waals surface area contributed by atoms with E-state index in [0.717, 1.165) is 12.8 Å². The van der Waals surface area contributed by atoms with Crippen LogP contribution in [0.1, 0.15) is 40.5 Å². The maximum absolute atomic E-state index is 3.55. The SMILES string of the molecule is CC\C=C(C)/C(Br)=C\C=C(\C)CC. The second-order valence-corrected chi connectivity index (χ2v) is 4.03. The molecule has 0 spiro atoms. The molecule has 74 valence electrons. The van der Waals surface area contributed by atoms with Crippen molar-refractivity contribution in [1.82, 2.24) is 0 Å². The number of rotatable bonds is 4. The van der Waals surface area contributed by atoms with Gasteiger partial charge in [0.25, 0.3) is 0 Å². The van der Waals surface area contributed by atoms with Crippen molar-refractivity contribution >= 4 is 15.9 Å². The van der Waals surface area contributed by atoms with Gasteiger partial charge >= 0.3 is 0 Å². The highest BCUT2D eigenvalue weighted by Crippen LogP contribution is 2.17. The van der Waals surface area contributed by atoms with E-state index >= 15 is 0 Å². The topological polar surface area (TPSA) is 0 Å². The molecule has 0 N–H and O–H groups in total. The summed E-state index contributed by atoms with van der Waals surface area (Å²) in [6.45, 7) is 8.59. The molecule has 0 fully saturated rings. The molecule has 0 atom stereocenters. The fourth-order valence-electron chi connectivity index (χ4n) is 0.868. The molecule has 0 aromatic heterocycles. The van der Waals surface area contributed by atoms with E-state index in [1.807, 2.05) is 0 Å². The van der Waals surface area contributed by atoms with Crippen LogP contribution in [0.4, 0.5) is 0 Å². The van der Waals surface area contributed by atoms with Crippen LogP contribution in [0, 0.1) is 0 Å². The van der Waals surface area contributed by atoms with E-state index in [9.17, 15) is 0 Å². The van der Waals surface area contributed by atoms with Crippen LogP contribution in [0.25, 0.3) is 0 Å². The number of halogens is 1. The van der Waals surface area contributed by atoms with Gasteiger partial charge in [-0.25, -0.2) is 0 Å². The van der Waals surface area contributed by atoms with Crippen LogP contribution >= 0.6 is 15.9 Å². The maximum atomic E-state index is 3.55. The number of hydrogen-bond acceptors (Lipinski definition) is 0. The van der Waals surface area contributed by atoms with Gasteiger partial charge in [-0.3, -0.25) is 0 Å². The van der Waals surface area contributed by atoms with Crippen molar-refractivity contribution in [2.45, 2.75) is 40.5 Å². The number of hydrogen-bond donors (Lipinski definition) is 0. The van der Waals surface area contributed by atoms with E-state index in [1.54, 1.807) is 0 Å². The first-order valence-electron chi connectivity index (χ1n) is 4.81.